The van der Waals surface area contributed by atoms with E-state index < -0.39 is 0 Å². The highest BCUT2D eigenvalue weighted by molar-refractivity contribution is 5.91. The van der Waals surface area contributed by atoms with Gasteiger partial charge >= 0.3 is 0 Å². The molecule has 0 bridgehead atoms. The summed E-state index contributed by atoms with van der Waals surface area (Å²) < 4.78 is 0. The van der Waals surface area contributed by atoms with Gasteiger partial charge in [0.15, 0.2) is 0 Å². The first-order valence-electron chi connectivity index (χ1n) is 7.54. The first kappa shape index (κ1) is 15.0. The van der Waals surface area contributed by atoms with Crippen molar-refractivity contribution in [1.82, 2.24) is 9.88 Å². The van der Waals surface area contributed by atoms with Gasteiger partial charge in [0.25, 0.3) is 0 Å². The number of carbonyl (C=O) groups is 1. The molecule has 0 fully saturated rings. The zero-order valence-electron chi connectivity index (χ0n) is 13.1. The van der Waals surface area contributed by atoms with Crippen molar-refractivity contribution in [2.45, 2.75) is 6.42 Å². The Morgan fingerprint density at radius 1 is 1.30 bits per heavy atom. The van der Waals surface area contributed by atoms with Crippen molar-refractivity contribution in [3.05, 3.63) is 70.9 Å². The van der Waals surface area contributed by atoms with Crippen LogP contribution in [0.25, 0.3) is 12.2 Å². The predicted octanol–water partition coefficient (Wildman–Crippen LogP) is 2.78. The van der Waals surface area contributed by atoms with Crippen molar-refractivity contribution in [2.75, 3.05) is 19.3 Å². The summed E-state index contributed by atoms with van der Waals surface area (Å²) in [6, 6.07) is 11.9. The van der Waals surface area contributed by atoms with E-state index in [1.165, 1.54) is 16.7 Å². The van der Waals surface area contributed by atoms with Crippen molar-refractivity contribution in [3.8, 4) is 0 Å². The van der Waals surface area contributed by atoms with Gasteiger partial charge in [0, 0.05) is 25.9 Å². The van der Waals surface area contributed by atoms with E-state index >= 15 is 0 Å². The van der Waals surface area contributed by atoms with E-state index in [0.717, 1.165) is 12.0 Å². The molecule has 1 aromatic carbocycles. The molecule has 2 aromatic rings. The Morgan fingerprint density at radius 2 is 2.13 bits per heavy atom. The van der Waals surface area contributed by atoms with Crippen LogP contribution in [0.3, 0.4) is 0 Å². The molecule has 0 spiro atoms. The summed E-state index contributed by atoms with van der Waals surface area (Å²) in [5, 5.41) is 0. The summed E-state index contributed by atoms with van der Waals surface area (Å²) in [6.45, 7) is 0.637. The molecule has 0 radical (unpaired) electrons. The minimum Gasteiger partial charge on any atom is -0.384 e. The molecule has 2 N–H and O–H groups in total. The van der Waals surface area contributed by atoms with E-state index in [1.807, 2.05) is 25.2 Å². The van der Waals surface area contributed by atoms with Gasteiger partial charge in [0.2, 0.25) is 5.91 Å². The fourth-order valence-corrected chi connectivity index (χ4v) is 2.65. The summed E-state index contributed by atoms with van der Waals surface area (Å²) in [5.74, 6) is 0.442. The van der Waals surface area contributed by atoms with E-state index in [4.69, 9.17) is 5.73 Å². The van der Waals surface area contributed by atoms with E-state index in [9.17, 15) is 4.79 Å². The first-order valence-corrected chi connectivity index (χ1v) is 7.54. The van der Waals surface area contributed by atoms with Gasteiger partial charge in [-0.05, 0) is 46.9 Å². The number of amides is 1. The second kappa shape index (κ2) is 6.48. The lowest BCUT2D eigenvalue weighted by molar-refractivity contribution is -0.124. The number of rotatable bonds is 4. The number of aromatic nitrogens is 1. The van der Waals surface area contributed by atoms with E-state index in [0.29, 0.717) is 12.4 Å². The summed E-state index contributed by atoms with van der Waals surface area (Å²) in [5.41, 5.74) is 10.2. The number of nitrogens with zero attached hydrogens (tertiary/aromatic N) is 2. The maximum absolute atomic E-state index is 12.2. The highest BCUT2D eigenvalue weighted by Gasteiger charge is 2.14. The molecular weight excluding hydrogens is 286 g/mol. The average molecular weight is 305 g/mol. The van der Waals surface area contributed by atoms with Gasteiger partial charge in [-0.25, -0.2) is 4.98 Å². The molecule has 3 rings (SSSR count). The summed E-state index contributed by atoms with van der Waals surface area (Å²) in [6.07, 6.45) is 8.06. The van der Waals surface area contributed by atoms with E-state index in [1.54, 1.807) is 29.3 Å². The third kappa shape index (κ3) is 3.66. The predicted molar refractivity (Wildman–Crippen MR) is 93.4 cm³/mol. The van der Waals surface area contributed by atoms with Gasteiger partial charge in [-0.1, -0.05) is 30.3 Å². The minimum atomic E-state index is -0.0290. The second-order valence-electron chi connectivity index (χ2n) is 5.72. The van der Waals surface area contributed by atoms with E-state index in [-0.39, 0.29) is 5.91 Å². The summed E-state index contributed by atoms with van der Waals surface area (Å²) in [7, 11) is 1.82. The summed E-state index contributed by atoms with van der Waals surface area (Å²) >= 11 is 0. The standard InChI is InChI=1S/C19H19N3O/c1-22(13-15-10-16-4-2-3-5-17(16)11-15)19(23)9-7-14-6-8-18(20)21-12-14/h2-10,12H,11,13H2,1H3,(H2,20,21)/b9-7+. The Kier molecular flexibility index (Phi) is 4.24. The van der Waals surface area contributed by atoms with Crippen molar-refractivity contribution in [3.63, 3.8) is 0 Å². The number of nitrogen functional groups attached to an aromatic ring is 1. The van der Waals surface area contributed by atoms with Crippen LogP contribution in [0.5, 0.6) is 0 Å². The lowest BCUT2D eigenvalue weighted by Crippen LogP contribution is -2.27. The van der Waals surface area contributed by atoms with Crippen LogP contribution in [-0.2, 0) is 11.2 Å². The van der Waals surface area contributed by atoms with Gasteiger partial charge in [0.1, 0.15) is 5.82 Å². The van der Waals surface area contributed by atoms with Gasteiger partial charge in [-0.2, -0.15) is 0 Å². The number of likely N-dealkylation sites (N-methyl/N-ethyl adjacent to an activating group) is 1. The molecule has 1 aliphatic carbocycles. The van der Waals surface area contributed by atoms with Crippen LogP contribution in [0.4, 0.5) is 5.82 Å². The second-order valence-corrected chi connectivity index (χ2v) is 5.72. The van der Waals surface area contributed by atoms with Crippen LogP contribution in [0.15, 0.2) is 54.2 Å². The fraction of sp³-hybridized carbons (Fsp3) is 0.158. The maximum Gasteiger partial charge on any atom is 0.246 e. The lowest BCUT2D eigenvalue weighted by atomic mass is 10.1. The van der Waals surface area contributed by atoms with Gasteiger partial charge in [-0.3, -0.25) is 4.79 Å². The molecule has 1 aromatic heterocycles. The van der Waals surface area contributed by atoms with Gasteiger partial charge in [0.05, 0.1) is 0 Å². The van der Waals surface area contributed by atoms with E-state index in [2.05, 4.69) is 23.2 Å². The number of pyridine rings is 1. The smallest absolute Gasteiger partial charge is 0.246 e. The molecule has 116 valence electrons. The maximum atomic E-state index is 12.2. The number of hydrogen-bond donors (Lipinski definition) is 1. The minimum absolute atomic E-state index is 0.0290. The SMILES string of the molecule is CN(CC1=Cc2ccccc2C1)C(=O)/C=C/c1ccc(N)nc1. The number of fused-ring (bicyclic) bond motifs is 1. The third-order valence-corrected chi connectivity index (χ3v) is 3.88. The van der Waals surface area contributed by atoms with Crippen LogP contribution in [-0.4, -0.2) is 29.4 Å². The Morgan fingerprint density at radius 3 is 2.87 bits per heavy atom. The molecule has 1 amide bonds. The van der Waals surface area contributed by atoms with Crippen LogP contribution in [0.1, 0.15) is 16.7 Å². The molecular formula is C19H19N3O. The van der Waals surface area contributed by atoms with Crippen LogP contribution in [0.2, 0.25) is 0 Å². The number of benzene rings is 1. The molecule has 0 aliphatic heterocycles. The lowest BCUT2D eigenvalue weighted by Gasteiger charge is -2.15. The summed E-state index contributed by atoms with van der Waals surface area (Å²) in [4.78, 5) is 17.9. The Labute approximate surface area is 136 Å². The van der Waals surface area contributed by atoms with Crippen molar-refractivity contribution in [2.24, 2.45) is 0 Å². The average Bonchev–Trinajstić information content (AvgIpc) is 2.96. The largest absolute Gasteiger partial charge is 0.384 e. The monoisotopic (exact) mass is 305 g/mol. The first-order chi connectivity index (χ1) is 11.1. The molecule has 23 heavy (non-hydrogen) atoms. The highest BCUT2D eigenvalue weighted by Crippen LogP contribution is 2.24. The molecule has 1 aliphatic rings. The molecule has 0 saturated heterocycles. The van der Waals surface area contributed by atoms with Crippen LogP contribution in [0, 0.1) is 0 Å². The van der Waals surface area contributed by atoms with Gasteiger partial charge in [-0.15, -0.1) is 0 Å². The quantitative estimate of drug-likeness (QED) is 0.884. The topological polar surface area (TPSA) is 59.2 Å². The van der Waals surface area contributed by atoms with Gasteiger partial charge < -0.3 is 10.6 Å². The number of hydrogen-bond acceptors (Lipinski definition) is 3. The number of carbonyl (C=O) groups excluding carboxylic acids is 1. The Balaban J connectivity index is 1.59. The number of anilines is 1. The molecule has 0 unspecified atom stereocenters. The van der Waals surface area contributed by atoms with Crippen LogP contribution < -0.4 is 5.73 Å². The zero-order valence-corrected chi connectivity index (χ0v) is 13.1. The molecule has 4 nitrogen and oxygen atoms in total. The Bertz CT molecular complexity index is 775. The number of nitrogens with two attached hydrogens (primary N) is 1. The third-order valence-electron chi connectivity index (χ3n) is 3.88. The molecule has 1 heterocycles. The molecule has 0 atom stereocenters. The van der Waals surface area contributed by atoms with Crippen molar-refractivity contribution < 1.29 is 4.79 Å². The zero-order chi connectivity index (χ0) is 16.2. The fourth-order valence-electron chi connectivity index (χ4n) is 2.65. The Hall–Kier alpha value is -2.88. The highest BCUT2D eigenvalue weighted by atomic mass is 16.2. The van der Waals surface area contributed by atoms with Crippen molar-refractivity contribution in [1.29, 1.82) is 0 Å². The van der Waals surface area contributed by atoms with Crippen LogP contribution >= 0.6 is 0 Å². The van der Waals surface area contributed by atoms with Crippen molar-refractivity contribution >= 4 is 23.9 Å². The molecule has 4 heteroatoms. The normalized spacial score (nSPS) is 13.0. The molecule has 0 saturated carbocycles.